The number of aromatic nitrogens is 2. The molecule has 0 aromatic carbocycles. The van der Waals surface area contributed by atoms with Crippen molar-refractivity contribution < 1.29 is 0 Å². The van der Waals surface area contributed by atoms with Gasteiger partial charge in [-0.3, -0.25) is 19.9 Å². The summed E-state index contributed by atoms with van der Waals surface area (Å²) in [4.78, 5) is 13.8. The molecule has 4 heterocycles. The van der Waals surface area contributed by atoms with Crippen molar-refractivity contribution in [3.8, 4) is 0 Å². The fourth-order valence-electron chi connectivity index (χ4n) is 4.37. The molecule has 0 bridgehead atoms. The number of hydrogen-bond donors (Lipinski definition) is 0. The molecule has 6 nitrogen and oxygen atoms in total. The number of hydrazine groups is 1. The number of rotatable bonds is 4. The Morgan fingerprint density at radius 3 is 2.07 bits per heavy atom. The van der Waals surface area contributed by atoms with Crippen molar-refractivity contribution in [1.29, 1.82) is 0 Å². The molecule has 1 atom stereocenters. The van der Waals surface area contributed by atoms with Gasteiger partial charge in [0.05, 0.1) is 23.8 Å². The number of piperidine rings is 1. The summed E-state index contributed by atoms with van der Waals surface area (Å²) >= 11 is 0. The van der Waals surface area contributed by atoms with Crippen molar-refractivity contribution in [3.05, 3.63) is 49.1 Å². The van der Waals surface area contributed by atoms with Crippen molar-refractivity contribution in [2.75, 3.05) is 44.8 Å². The van der Waals surface area contributed by atoms with Gasteiger partial charge in [0.1, 0.15) is 0 Å². The van der Waals surface area contributed by atoms with Crippen molar-refractivity contribution in [3.63, 3.8) is 0 Å². The van der Waals surface area contributed by atoms with E-state index in [1.807, 2.05) is 36.9 Å². The van der Waals surface area contributed by atoms with Gasteiger partial charge in [-0.15, -0.1) is 0 Å². The van der Waals surface area contributed by atoms with Gasteiger partial charge in [-0.25, -0.2) is 5.01 Å². The van der Waals surface area contributed by atoms with Crippen LogP contribution in [0.15, 0.2) is 49.1 Å². The summed E-state index contributed by atoms with van der Waals surface area (Å²) in [6, 6.07) is 9.40. The lowest BCUT2D eigenvalue weighted by Crippen LogP contribution is -2.60. The molecule has 2 aliphatic heterocycles. The summed E-state index contributed by atoms with van der Waals surface area (Å²) < 4.78 is 0. The standard InChI is InChI=1S/C21H30N6/c1-18-17-25(19-7-11-24(2)12-8-19)13-14-26(18)27(20-5-3-9-22-15-20)21-6-4-10-23-16-21/h3-6,9-10,15-16,18-19H,7-8,11-14,17H2,1-2H3. The summed E-state index contributed by atoms with van der Waals surface area (Å²) in [5.74, 6) is 0. The average Bonchev–Trinajstić information content (AvgIpc) is 2.72. The van der Waals surface area contributed by atoms with Crippen LogP contribution in [0.3, 0.4) is 0 Å². The van der Waals surface area contributed by atoms with E-state index in [2.05, 4.69) is 55.9 Å². The van der Waals surface area contributed by atoms with Crippen LogP contribution in [0.2, 0.25) is 0 Å². The van der Waals surface area contributed by atoms with Crippen LogP contribution in [0.1, 0.15) is 19.8 Å². The van der Waals surface area contributed by atoms with Gasteiger partial charge in [-0.2, -0.15) is 0 Å². The highest BCUT2D eigenvalue weighted by atomic mass is 15.7. The first-order valence-electron chi connectivity index (χ1n) is 10.0. The molecule has 1 unspecified atom stereocenters. The van der Waals surface area contributed by atoms with Gasteiger partial charge < -0.3 is 4.90 Å². The van der Waals surface area contributed by atoms with Gasteiger partial charge in [0.15, 0.2) is 0 Å². The maximum atomic E-state index is 4.34. The van der Waals surface area contributed by atoms with Crippen LogP contribution in [0.25, 0.3) is 0 Å². The molecule has 2 fully saturated rings. The normalized spacial score (nSPS) is 23.4. The van der Waals surface area contributed by atoms with Crippen LogP contribution in [-0.4, -0.2) is 76.6 Å². The second-order valence-corrected chi connectivity index (χ2v) is 7.78. The molecule has 27 heavy (non-hydrogen) atoms. The molecule has 0 aliphatic carbocycles. The van der Waals surface area contributed by atoms with Crippen LogP contribution in [0.4, 0.5) is 11.4 Å². The van der Waals surface area contributed by atoms with Crippen LogP contribution in [0, 0.1) is 0 Å². The third-order valence-corrected chi connectivity index (χ3v) is 5.87. The minimum atomic E-state index is 0.429. The molecule has 4 rings (SSSR count). The molecule has 2 aromatic rings. The molecule has 6 heteroatoms. The Morgan fingerprint density at radius 2 is 1.56 bits per heavy atom. The van der Waals surface area contributed by atoms with Gasteiger partial charge in [0.25, 0.3) is 0 Å². The average molecular weight is 367 g/mol. The highest BCUT2D eigenvalue weighted by molar-refractivity contribution is 5.60. The second-order valence-electron chi connectivity index (χ2n) is 7.78. The summed E-state index contributed by atoms with van der Waals surface area (Å²) in [6.45, 7) is 7.99. The molecule has 2 saturated heterocycles. The van der Waals surface area contributed by atoms with Gasteiger partial charge in [-0.1, -0.05) is 0 Å². The Bertz CT molecular complexity index is 662. The van der Waals surface area contributed by atoms with Gasteiger partial charge in [0.2, 0.25) is 0 Å². The van der Waals surface area contributed by atoms with E-state index in [0.717, 1.165) is 37.1 Å². The third-order valence-electron chi connectivity index (χ3n) is 5.87. The van der Waals surface area contributed by atoms with Crippen LogP contribution < -0.4 is 5.01 Å². The Morgan fingerprint density at radius 1 is 0.926 bits per heavy atom. The van der Waals surface area contributed by atoms with Crippen molar-refractivity contribution >= 4 is 11.4 Å². The Balaban J connectivity index is 1.52. The summed E-state index contributed by atoms with van der Waals surface area (Å²) in [5, 5.41) is 4.76. The second kappa shape index (κ2) is 8.33. The van der Waals surface area contributed by atoms with Gasteiger partial charge in [-0.05, 0) is 64.2 Å². The first-order chi connectivity index (χ1) is 13.2. The topological polar surface area (TPSA) is 38.7 Å². The number of nitrogens with zero attached hydrogens (tertiary/aromatic N) is 6. The first-order valence-corrected chi connectivity index (χ1v) is 10.0. The zero-order chi connectivity index (χ0) is 18.6. The maximum absolute atomic E-state index is 4.34. The fraction of sp³-hybridized carbons (Fsp3) is 0.524. The summed E-state index contributed by atoms with van der Waals surface area (Å²) in [7, 11) is 2.23. The van der Waals surface area contributed by atoms with E-state index in [9.17, 15) is 0 Å². The molecule has 144 valence electrons. The number of pyridine rings is 2. The van der Waals surface area contributed by atoms with E-state index in [4.69, 9.17) is 0 Å². The van der Waals surface area contributed by atoms with E-state index in [0.29, 0.717) is 6.04 Å². The smallest absolute Gasteiger partial charge is 0.0764 e. The lowest BCUT2D eigenvalue weighted by molar-refractivity contribution is 0.0341. The van der Waals surface area contributed by atoms with E-state index in [-0.39, 0.29) is 0 Å². The number of likely N-dealkylation sites (tertiary alicyclic amines) is 1. The molecule has 2 aromatic heterocycles. The SMILES string of the molecule is CC1CN(C2CCN(C)CC2)CCN1N(c1cccnc1)c1cccnc1. The van der Waals surface area contributed by atoms with E-state index < -0.39 is 0 Å². The lowest BCUT2D eigenvalue weighted by atomic mass is 10.0. The third kappa shape index (κ3) is 4.13. The van der Waals surface area contributed by atoms with Crippen molar-refractivity contribution in [2.24, 2.45) is 0 Å². The quantitative estimate of drug-likeness (QED) is 0.828. The zero-order valence-corrected chi connectivity index (χ0v) is 16.4. The minimum Gasteiger partial charge on any atom is -0.306 e. The highest BCUT2D eigenvalue weighted by Crippen LogP contribution is 2.29. The predicted octanol–water partition coefficient (Wildman–Crippen LogP) is 2.63. The number of hydrogen-bond acceptors (Lipinski definition) is 6. The Labute approximate surface area is 162 Å². The summed E-state index contributed by atoms with van der Waals surface area (Å²) in [6.07, 6.45) is 10.1. The van der Waals surface area contributed by atoms with E-state index in [1.165, 1.54) is 25.9 Å². The molecule has 0 radical (unpaired) electrons. The minimum absolute atomic E-state index is 0.429. The highest BCUT2D eigenvalue weighted by Gasteiger charge is 2.33. The Hall–Kier alpha value is -2.02. The molecular formula is C21H30N6. The van der Waals surface area contributed by atoms with Crippen LogP contribution >= 0.6 is 0 Å². The Kier molecular flexibility index (Phi) is 5.66. The monoisotopic (exact) mass is 366 g/mol. The number of piperazine rings is 1. The van der Waals surface area contributed by atoms with Crippen LogP contribution in [0.5, 0.6) is 0 Å². The predicted molar refractivity (Wildman–Crippen MR) is 109 cm³/mol. The lowest BCUT2D eigenvalue weighted by Gasteiger charge is -2.49. The molecule has 0 amide bonds. The zero-order valence-electron chi connectivity index (χ0n) is 16.4. The first kappa shape index (κ1) is 18.3. The van der Waals surface area contributed by atoms with Gasteiger partial charge in [0, 0.05) is 44.1 Å². The maximum Gasteiger partial charge on any atom is 0.0764 e. The molecular weight excluding hydrogens is 336 g/mol. The van der Waals surface area contributed by atoms with Crippen molar-refractivity contribution in [1.82, 2.24) is 24.8 Å². The number of anilines is 2. The van der Waals surface area contributed by atoms with Gasteiger partial charge >= 0.3 is 0 Å². The van der Waals surface area contributed by atoms with Crippen molar-refractivity contribution in [2.45, 2.75) is 31.8 Å². The summed E-state index contributed by atoms with van der Waals surface area (Å²) in [5.41, 5.74) is 2.18. The molecule has 0 spiro atoms. The molecule has 2 aliphatic rings. The van der Waals surface area contributed by atoms with Crippen LogP contribution in [-0.2, 0) is 0 Å². The molecule has 0 saturated carbocycles. The molecule has 0 N–H and O–H groups in total. The van der Waals surface area contributed by atoms with E-state index in [1.54, 1.807) is 0 Å². The fourth-order valence-corrected chi connectivity index (χ4v) is 4.37. The largest absolute Gasteiger partial charge is 0.306 e. The van der Waals surface area contributed by atoms with E-state index >= 15 is 0 Å².